The molecule has 2 rings (SSSR count). The third-order valence-corrected chi connectivity index (χ3v) is 4.24. The van der Waals surface area contributed by atoms with Crippen LogP contribution in [0, 0.1) is 5.41 Å². The summed E-state index contributed by atoms with van der Waals surface area (Å²) in [5, 5.41) is 2.88. The molecule has 5 heteroatoms. The molecule has 132 valence electrons. The summed E-state index contributed by atoms with van der Waals surface area (Å²) in [6.45, 7) is 11.8. The summed E-state index contributed by atoms with van der Waals surface area (Å²) in [6.07, 6.45) is 0.932. The van der Waals surface area contributed by atoms with E-state index in [0.29, 0.717) is 12.1 Å². The highest BCUT2D eigenvalue weighted by molar-refractivity contribution is 5.94. The fraction of sp³-hybridized carbons (Fsp3) is 0.579. The van der Waals surface area contributed by atoms with Gasteiger partial charge in [-0.2, -0.15) is 0 Å². The van der Waals surface area contributed by atoms with E-state index in [1.165, 1.54) is 0 Å². The van der Waals surface area contributed by atoms with E-state index in [-0.39, 0.29) is 17.2 Å². The van der Waals surface area contributed by atoms with E-state index in [1.807, 2.05) is 56.9 Å². The summed E-state index contributed by atoms with van der Waals surface area (Å²) in [7, 11) is 0. The maximum Gasteiger partial charge on any atom is 0.251 e. The average molecular weight is 331 g/mol. The quantitative estimate of drug-likeness (QED) is 0.922. The van der Waals surface area contributed by atoms with Crippen LogP contribution in [-0.4, -0.2) is 49.4 Å². The van der Waals surface area contributed by atoms with Crippen molar-refractivity contribution in [3.05, 3.63) is 29.8 Å². The molecule has 1 aromatic carbocycles. The van der Waals surface area contributed by atoms with Crippen LogP contribution in [0.2, 0.25) is 0 Å². The van der Waals surface area contributed by atoms with E-state index < -0.39 is 0 Å². The van der Waals surface area contributed by atoms with Gasteiger partial charge in [-0.15, -0.1) is 0 Å². The normalized spacial score (nSPS) is 15.3. The van der Waals surface area contributed by atoms with Crippen LogP contribution in [0.4, 0.5) is 5.69 Å². The van der Waals surface area contributed by atoms with Crippen LogP contribution in [-0.2, 0) is 4.79 Å². The Morgan fingerprint density at radius 2 is 1.62 bits per heavy atom. The Labute approximate surface area is 145 Å². The summed E-state index contributed by atoms with van der Waals surface area (Å²) in [4.78, 5) is 28.5. The van der Waals surface area contributed by atoms with Crippen molar-refractivity contribution in [2.45, 2.75) is 34.1 Å². The number of hydrogen-bond donors (Lipinski definition) is 1. The van der Waals surface area contributed by atoms with Crippen LogP contribution in [0.3, 0.4) is 0 Å². The van der Waals surface area contributed by atoms with Gasteiger partial charge in [0.05, 0.1) is 0 Å². The molecule has 5 nitrogen and oxygen atoms in total. The van der Waals surface area contributed by atoms with Gasteiger partial charge < -0.3 is 15.1 Å². The first-order valence-corrected chi connectivity index (χ1v) is 8.75. The van der Waals surface area contributed by atoms with Crippen molar-refractivity contribution in [2.24, 2.45) is 5.41 Å². The zero-order valence-electron chi connectivity index (χ0n) is 15.3. The number of carbonyl (C=O) groups excluding carboxylic acids is 2. The number of carbonyl (C=O) groups is 2. The summed E-state index contributed by atoms with van der Waals surface area (Å²) in [5.41, 5.74) is 1.47. The second kappa shape index (κ2) is 7.69. The molecule has 0 saturated carbocycles. The SMILES string of the molecule is CCCNC(=O)c1ccc(N2CCN(C(=O)C(C)(C)C)CC2)cc1. The molecule has 0 atom stereocenters. The maximum atomic E-state index is 12.3. The van der Waals surface area contributed by atoms with Crippen molar-refractivity contribution in [1.29, 1.82) is 0 Å². The molecule has 0 unspecified atom stereocenters. The van der Waals surface area contributed by atoms with E-state index in [0.717, 1.165) is 38.3 Å². The Bertz CT molecular complexity index is 567. The van der Waals surface area contributed by atoms with Crippen molar-refractivity contribution in [3.8, 4) is 0 Å². The fourth-order valence-corrected chi connectivity index (χ4v) is 2.81. The molecule has 1 aromatic rings. The highest BCUT2D eigenvalue weighted by Gasteiger charge is 2.29. The first-order chi connectivity index (χ1) is 11.3. The van der Waals surface area contributed by atoms with Gasteiger partial charge in [-0.05, 0) is 30.7 Å². The number of nitrogens with one attached hydrogen (secondary N) is 1. The van der Waals surface area contributed by atoms with Crippen LogP contribution in [0.25, 0.3) is 0 Å². The lowest BCUT2D eigenvalue weighted by molar-refractivity contribution is -0.139. The van der Waals surface area contributed by atoms with Gasteiger partial charge >= 0.3 is 0 Å². The molecule has 2 amide bonds. The first-order valence-electron chi connectivity index (χ1n) is 8.75. The molecule has 1 heterocycles. The lowest BCUT2D eigenvalue weighted by Crippen LogP contribution is -2.51. The Morgan fingerprint density at radius 3 is 2.12 bits per heavy atom. The molecule has 1 saturated heterocycles. The highest BCUT2D eigenvalue weighted by atomic mass is 16.2. The number of nitrogens with zero attached hydrogens (tertiary/aromatic N) is 2. The second-order valence-electron chi connectivity index (χ2n) is 7.33. The van der Waals surface area contributed by atoms with Crippen LogP contribution in [0.1, 0.15) is 44.5 Å². The van der Waals surface area contributed by atoms with E-state index in [2.05, 4.69) is 10.2 Å². The average Bonchev–Trinajstić information content (AvgIpc) is 2.58. The standard InChI is InChI=1S/C19H29N3O2/c1-5-10-20-17(23)15-6-8-16(9-7-15)21-11-13-22(14-12-21)18(24)19(2,3)4/h6-9H,5,10-14H2,1-4H3,(H,20,23). The van der Waals surface area contributed by atoms with Gasteiger partial charge in [0.2, 0.25) is 5.91 Å². The van der Waals surface area contributed by atoms with Gasteiger partial charge in [0.25, 0.3) is 5.91 Å². The topological polar surface area (TPSA) is 52.7 Å². The smallest absolute Gasteiger partial charge is 0.251 e. The number of benzene rings is 1. The minimum absolute atomic E-state index is 0.0241. The highest BCUT2D eigenvalue weighted by Crippen LogP contribution is 2.21. The predicted molar refractivity (Wildman–Crippen MR) is 97.3 cm³/mol. The van der Waals surface area contributed by atoms with Crippen molar-refractivity contribution in [2.75, 3.05) is 37.6 Å². The third-order valence-electron chi connectivity index (χ3n) is 4.24. The molecular weight excluding hydrogens is 302 g/mol. The van der Waals surface area contributed by atoms with E-state index in [4.69, 9.17) is 0 Å². The number of rotatable bonds is 4. The second-order valence-corrected chi connectivity index (χ2v) is 7.33. The summed E-state index contributed by atoms with van der Waals surface area (Å²) < 4.78 is 0. The monoisotopic (exact) mass is 331 g/mol. The van der Waals surface area contributed by atoms with Gasteiger partial charge in [-0.1, -0.05) is 27.7 Å². The summed E-state index contributed by atoms with van der Waals surface area (Å²) >= 11 is 0. The zero-order chi connectivity index (χ0) is 17.7. The number of piperazine rings is 1. The number of hydrogen-bond acceptors (Lipinski definition) is 3. The van der Waals surface area contributed by atoms with Crippen molar-refractivity contribution in [3.63, 3.8) is 0 Å². The fourth-order valence-electron chi connectivity index (χ4n) is 2.81. The first kappa shape index (κ1) is 18.3. The molecule has 0 aliphatic carbocycles. The number of anilines is 1. The van der Waals surface area contributed by atoms with E-state index >= 15 is 0 Å². The maximum absolute atomic E-state index is 12.3. The molecule has 1 fully saturated rings. The van der Waals surface area contributed by atoms with Gasteiger partial charge in [0.1, 0.15) is 0 Å². The van der Waals surface area contributed by atoms with Crippen LogP contribution in [0.5, 0.6) is 0 Å². The molecule has 24 heavy (non-hydrogen) atoms. The van der Waals surface area contributed by atoms with Gasteiger partial charge in [0, 0.05) is 49.4 Å². The Morgan fingerprint density at radius 1 is 1.04 bits per heavy atom. The number of amides is 2. The summed E-state index contributed by atoms with van der Waals surface area (Å²) in [6, 6.07) is 7.71. The van der Waals surface area contributed by atoms with Crippen molar-refractivity contribution < 1.29 is 9.59 Å². The molecule has 0 bridgehead atoms. The predicted octanol–water partition coefficient (Wildman–Crippen LogP) is 2.52. The molecule has 1 N–H and O–H groups in total. The lowest BCUT2D eigenvalue weighted by Gasteiger charge is -2.38. The largest absolute Gasteiger partial charge is 0.368 e. The van der Waals surface area contributed by atoms with Gasteiger partial charge in [0.15, 0.2) is 0 Å². The van der Waals surface area contributed by atoms with Crippen LogP contribution >= 0.6 is 0 Å². The van der Waals surface area contributed by atoms with E-state index in [9.17, 15) is 9.59 Å². The van der Waals surface area contributed by atoms with Crippen LogP contribution < -0.4 is 10.2 Å². The zero-order valence-corrected chi connectivity index (χ0v) is 15.3. The van der Waals surface area contributed by atoms with Crippen LogP contribution in [0.15, 0.2) is 24.3 Å². The van der Waals surface area contributed by atoms with Gasteiger partial charge in [-0.25, -0.2) is 0 Å². The molecule has 1 aliphatic rings. The minimum Gasteiger partial charge on any atom is -0.368 e. The summed E-state index contributed by atoms with van der Waals surface area (Å²) in [5.74, 6) is 0.189. The minimum atomic E-state index is -0.324. The lowest BCUT2D eigenvalue weighted by atomic mass is 9.94. The molecule has 0 spiro atoms. The van der Waals surface area contributed by atoms with Crippen molar-refractivity contribution in [1.82, 2.24) is 10.2 Å². The third kappa shape index (κ3) is 4.49. The van der Waals surface area contributed by atoms with E-state index in [1.54, 1.807) is 0 Å². The van der Waals surface area contributed by atoms with Gasteiger partial charge in [-0.3, -0.25) is 9.59 Å². The Balaban J connectivity index is 1.92. The molecule has 0 aromatic heterocycles. The van der Waals surface area contributed by atoms with Crippen molar-refractivity contribution >= 4 is 17.5 Å². The molecular formula is C19H29N3O2. The molecule has 1 aliphatic heterocycles. The Hall–Kier alpha value is -2.04. The molecule has 0 radical (unpaired) electrons. The Kier molecular flexibility index (Phi) is 5.86.